The van der Waals surface area contributed by atoms with Crippen molar-refractivity contribution in [3.8, 4) is 0 Å². The Morgan fingerprint density at radius 2 is 2.23 bits per heavy atom. The summed E-state index contributed by atoms with van der Waals surface area (Å²) in [5.41, 5.74) is 5.17. The molecule has 3 N–H and O–H groups in total. The molecule has 1 aliphatic heterocycles. The molecule has 0 aromatic rings. The van der Waals surface area contributed by atoms with Crippen LogP contribution in [0.2, 0.25) is 0 Å². The lowest BCUT2D eigenvalue weighted by Gasteiger charge is -2.29. The summed E-state index contributed by atoms with van der Waals surface area (Å²) in [6, 6.07) is 0.224. The summed E-state index contributed by atoms with van der Waals surface area (Å²) in [5.74, 6) is 0.303. The zero-order chi connectivity index (χ0) is 9.68. The predicted octanol–water partition coefficient (Wildman–Crippen LogP) is -0.124. The van der Waals surface area contributed by atoms with E-state index in [9.17, 15) is 4.79 Å². The summed E-state index contributed by atoms with van der Waals surface area (Å²) in [7, 11) is 1.88. The molecular formula is C9H18N2O2. The van der Waals surface area contributed by atoms with Gasteiger partial charge in [0.2, 0.25) is 5.91 Å². The second-order valence-electron chi connectivity index (χ2n) is 3.52. The molecule has 4 nitrogen and oxygen atoms in total. The van der Waals surface area contributed by atoms with Crippen LogP contribution in [0.4, 0.5) is 0 Å². The first kappa shape index (κ1) is 10.5. The van der Waals surface area contributed by atoms with Crippen LogP contribution in [0.1, 0.15) is 19.3 Å². The Labute approximate surface area is 78.8 Å². The lowest BCUT2D eigenvalue weighted by molar-refractivity contribution is -0.119. The summed E-state index contributed by atoms with van der Waals surface area (Å²) in [6.07, 6.45) is 2.48. The van der Waals surface area contributed by atoms with E-state index < -0.39 is 0 Å². The first-order valence-electron chi connectivity index (χ1n) is 4.77. The van der Waals surface area contributed by atoms with Gasteiger partial charge in [-0.2, -0.15) is 0 Å². The minimum atomic E-state index is -0.231. The average Bonchev–Trinajstić information content (AvgIpc) is 2.15. The Morgan fingerprint density at radius 3 is 2.69 bits per heavy atom. The van der Waals surface area contributed by atoms with Crippen LogP contribution in [0.3, 0.4) is 0 Å². The Hall–Kier alpha value is -0.610. The molecule has 4 heteroatoms. The van der Waals surface area contributed by atoms with E-state index in [1.165, 1.54) is 0 Å². The first-order valence-corrected chi connectivity index (χ1v) is 4.77. The van der Waals surface area contributed by atoms with Gasteiger partial charge in [-0.1, -0.05) is 0 Å². The molecule has 0 bridgehead atoms. The molecule has 1 saturated heterocycles. The highest BCUT2D eigenvalue weighted by Crippen LogP contribution is 2.20. The first-order chi connectivity index (χ1) is 6.24. The molecule has 0 radical (unpaired) electrons. The third kappa shape index (κ3) is 3.32. The Kier molecular flexibility index (Phi) is 4.18. The fourth-order valence-corrected chi connectivity index (χ4v) is 1.84. The molecule has 1 amide bonds. The van der Waals surface area contributed by atoms with Gasteiger partial charge in [0.1, 0.15) is 0 Å². The molecule has 1 atom stereocenters. The molecule has 0 aromatic carbocycles. The molecule has 76 valence electrons. The smallest absolute Gasteiger partial charge is 0.218 e. The number of carbonyl (C=O) groups excluding carboxylic acids is 1. The van der Waals surface area contributed by atoms with Gasteiger partial charge in [-0.15, -0.1) is 0 Å². The van der Waals surface area contributed by atoms with Crippen molar-refractivity contribution < 1.29 is 9.53 Å². The quantitative estimate of drug-likeness (QED) is 0.643. The Balaban J connectivity index is 2.39. The van der Waals surface area contributed by atoms with Crippen LogP contribution < -0.4 is 11.1 Å². The SMILES string of the molecule is CNC(CC(N)=O)C1CCOCC1. The highest BCUT2D eigenvalue weighted by Gasteiger charge is 2.23. The number of hydrogen-bond acceptors (Lipinski definition) is 3. The number of hydrogen-bond donors (Lipinski definition) is 2. The van der Waals surface area contributed by atoms with Gasteiger partial charge in [0.25, 0.3) is 0 Å². The molecular weight excluding hydrogens is 168 g/mol. The van der Waals surface area contributed by atoms with E-state index in [1.54, 1.807) is 0 Å². The van der Waals surface area contributed by atoms with E-state index in [1.807, 2.05) is 7.05 Å². The van der Waals surface area contributed by atoms with Crippen LogP contribution >= 0.6 is 0 Å². The molecule has 0 spiro atoms. The predicted molar refractivity (Wildman–Crippen MR) is 50.2 cm³/mol. The van der Waals surface area contributed by atoms with Gasteiger partial charge < -0.3 is 15.8 Å². The van der Waals surface area contributed by atoms with Gasteiger partial charge in [-0.25, -0.2) is 0 Å². The number of rotatable bonds is 4. The molecule has 1 unspecified atom stereocenters. The van der Waals surface area contributed by atoms with E-state index in [4.69, 9.17) is 10.5 Å². The lowest BCUT2D eigenvalue weighted by atomic mass is 9.90. The molecule has 0 aliphatic carbocycles. The fourth-order valence-electron chi connectivity index (χ4n) is 1.84. The maximum atomic E-state index is 10.8. The average molecular weight is 186 g/mol. The monoisotopic (exact) mass is 186 g/mol. The summed E-state index contributed by atoms with van der Waals surface area (Å²) in [4.78, 5) is 10.8. The maximum absolute atomic E-state index is 10.8. The Morgan fingerprint density at radius 1 is 1.62 bits per heavy atom. The van der Waals surface area contributed by atoms with Crippen molar-refractivity contribution in [2.45, 2.75) is 25.3 Å². The van der Waals surface area contributed by atoms with Crippen molar-refractivity contribution in [3.05, 3.63) is 0 Å². The molecule has 1 fully saturated rings. The van der Waals surface area contributed by atoms with Gasteiger partial charge in [-0.05, 0) is 25.8 Å². The van der Waals surface area contributed by atoms with Crippen molar-refractivity contribution in [2.75, 3.05) is 20.3 Å². The van der Waals surface area contributed by atoms with Gasteiger partial charge in [-0.3, -0.25) is 4.79 Å². The van der Waals surface area contributed by atoms with Crippen LogP contribution in [0.5, 0.6) is 0 Å². The maximum Gasteiger partial charge on any atom is 0.218 e. The topological polar surface area (TPSA) is 64.3 Å². The van der Waals surface area contributed by atoms with Crippen molar-refractivity contribution in [2.24, 2.45) is 11.7 Å². The summed E-state index contributed by atoms with van der Waals surface area (Å²) < 4.78 is 5.26. The van der Waals surface area contributed by atoms with Crippen molar-refractivity contribution in [3.63, 3.8) is 0 Å². The molecule has 1 rings (SSSR count). The summed E-state index contributed by atoms with van der Waals surface area (Å²) in [6.45, 7) is 1.61. The van der Waals surface area contributed by atoms with Gasteiger partial charge >= 0.3 is 0 Å². The third-order valence-corrected chi connectivity index (χ3v) is 2.63. The highest BCUT2D eigenvalue weighted by atomic mass is 16.5. The third-order valence-electron chi connectivity index (χ3n) is 2.63. The van der Waals surface area contributed by atoms with E-state index in [2.05, 4.69) is 5.32 Å². The van der Waals surface area contributed by atoms with E-state index in [0.717, 1.165) is 26.1 Å². The molecule has 1 heterocycles. The normalized spacial score (nSPS) is 21.3. The van der Waals surface area contributed by atoms with Crippen LogP contribution in [0, 0.1) is 5.92 Å². The highest BCUT2D eigenvalue weighted by molar-refractivity contribution is 5.74. The molecule has 0 aromatic heterocycles. The van der Waals surface area contributed by atoms with Gasteiger partial charge in [0.15, 0.2) is 0 Å². The molecule has 0 saturated carbocycles. The zero-order valence-corrected chi connectivity index (χ0v) is 8.08. The van der Waals surface area contributed by atoms with Crippen molar-refractivity contribution in [1.29, 1.82) is 0 Å². The molecule has 1 aliphatic rings. The number of nitrogens with one attached hydrogen (secondary N) is 1. The standard InChI is InChI=1S/C9H18N2O2/c1-11-8(6-9(10)12)7-2-4-13-5-3-7/h7-8,11H,2-6H2,1H3,(H2,10,12). The number of amides is 1. The second-order valence-corrected chi connectivity index (χ2v) is 3.52. The van der Waals surface area contributed by atoms with Crippen LogP contribution in [-0.4, -0.2) is 32.2 Å². The summed E-state index contributed by atoms with van der Waals surface area (Å²) >= 11 is 0. The number of nitrogens with two attached hydrogens (primary N) is 1. The summed E-state index contributed by atoms with van der Waals surface area (Å²) in [5, 5.41) is 3.15. The van der Waals surface area contributed by atoms with Crippen molar-refractivity contribution in [1.82, 2.24) is 5.32 Å². The van der Waals surface area contributed by atoms with E-state index >= 15 is 0 Å². The number of carbonyl (C=O) groups is 1. The van der Waals surface area contributed by atoms with Gasteiger partial charge in [0, 0.05) is 25.7 Å². The second kappa shape index (κ2) is 5.19. The molecule has 13 heavy (non-hydrogen) atoms. The minimum absolute atomic E-state index is 0.224. The van der Waals surface area contributed by atoms with Crippen LogP contribution in [0.15, 0.2) is 0 Å². The lowest BCUT2D eigenvalue weighted by Crippen LogP contribution is -2.39. The minimum Gasteiger partial charge on any atom is -0.381 e. The fraction of sp³-hybridized carbons (Fsp3) is 0.889. The number of ether oxygens (including phenoxy) is 1. The largest absolute Gasteiger partial charge is 0.381 e. The zero-order valence-electron chi connectivity index (χ0n) is 8.08. The van der Waals surface area contributed by atoms with E-state index in [0.29, 0.717) is 12.3 Å². The van der Waals surface area contributed by atoms with Crippen molar-refractivity contribution >= 4 is 5.91 Å². The van der Waals surface area contributed by atoms with Crippen LogP contribution in [-0.2, 0) is 9.53 Å². The van der Waals surface area contributed by atoms with E-state index in [-0.39, 0.29) is 11.9 Å². The number of primary amides is 1. The Bertz CT molecular complexity index is 167. The van der Waals surface area contributed by atoms with Crippen LogP contribution in [0.25, 0.3) is 0 Å². The van der Waals surface area contributed by atoms with Gasteiger partial charge in [0.05, 0.1) is 0 Å².